The molecule has 1 aliphatic heterocycles. The van der Waals surface area contributed by atoms with E-state index in [1.54, 1.807) is 36.5 Å². The predicted molar refractivity (Wildman–Crippen MR) is 157 cm³/mol. The number of carbonyl (C=O) groups excluding carboxylic acids is 1. The zero-order valence-electron chi connectivity index (χ0n) is 22.4. The molecule has 2 aromatic carbocycles. The van der Waals surface area contributed by atoms with Crippen LogP contribution in [0.1, 0.15) is 12.1 Å². The Bertz CT molecular complexity index is 1500. The minimum Gasteiger partial charge on any atom is -0.491 e. The van der Waals surface area contributed by atoms with E-state index in [1.807, 2.05) is 6.07 Å². The highest BCUT2D eigenvalue weighted by molar-refractivity contribution is 6.32. The van der Waals surface area contributed by atoms with Crippen molar-refractivity contribution in [1.82, 2.24) is 24.8 Å². The molecule has 2 aromatic heterocycles. The summed E-state index contributed by atoms with van der Waals surface area (Å²) in [5, 5.41) is 7.24. The molecular formula is C29H30ClN7O4. The van der Waals surface area contributed by atoms with Crippen molar-refractivity contribution in [2.24, 2.45) is 0 Å². The number of anilines is 3. The number of aromatic nitrogens is 4. The van der Waals surface area contributed by atoms with Gasteiger partial charge in [0, 0.05) is 43.0 Å². The van der Waals surface area contributed by atoms with Crippen LogP contribution in [-0.4, -0.2) is 70.2 Å². The molecule has 0 spiro atoms. The molecule has 1 aliphatic rings. The number of benzene rings is 2. The zero-order chi connectivity index (χ0) is 28.4. The molecule has 0 aliphatic carbocycles. The molecule has 12 heteroatoms. The van der Waals surface area contributed by atoms with Gasteiger partial charge in [0.25, 0.3) is 0 Å². The number of nitrogens with one attached hydrogen (secondary N) is 2. The molecule has 0 unspecified atom stereocenters. The van der Waals surface area contributed by atoms with Gasteiger partial charge in [-0.2, -0.15) is 0 Å². The number of fused-ring (bicyclic) bond motifs is 1. The van der Waals surface area contributed by atoms with Crippen molar-refractivity contribution in [1.29, 1.82) is 0 Å². The van der Waals surface area contributed by atoms with Crippen molar-refractivity contribution in [2.75, 3.05) is 50.1 Å². The van der Waals surface area contributed by atoms with E-state index in [9.17, 15) is 4.79 Å². The fourth-order valence-electron chi connectivity index (χ4n) is 4.27. The Hall–Kier alpha value is -4.32. The summed E-state index contributed by atoms with van der Waals surface area (Å²) >= 11 is 6.50. The van der Waals surface area contributed by atoms with E-state index in [0.717, 1.165) is 45.0 Å². The summed E-state index contributed by atoms with van der Waals surface area (Å²) in [5.74, 6) is 1.23. The van der Waals surface area contributed by atoms with Crippen LogP contribution in [0.4, 0.5) is 17.2 Å². The van der Waals surface area contributed by atoms with E-state index in [2.05, 4.69) is 42.0 Å². The summed E-state index contributed by atoms with van der Waals surface area (Å²) in [4.78, 5) is 31.5. The number of nitrogens with zero attached hydrogens (tertiary/aromatic N) is 5. The zero-order valence-corrected chi connectivity index (χ0v) is 23.1. The Kier molecular flexibility index (Phi) is 9.53. The summed E-state index contributed by atoms with van der Waals surface area (Å²) in [5.41, 5.74) is 2.59. The summed E-state index contributed by atoms with van der Waals surface area (Å²) in [6.07, 6.45) is 6.64. The molecule has 0 bridgehead atoms. The molecule has 3 heterocycles. The third-order valence-corrected chi connectivity index (χ3v) is 6.67. The van der Waals surface area contributed by atoms with Crippen LogP contribution in [0.5, 0.6) is 11.5 Å². The molecule has 212 valence electrons. The van der Waals surface area contributed by atoms with Gasteiger partial charge in [-0.1, -0.05) is 18.2 Å². The highest BCUT2D eigenvalue weighted by Crippen LogP contribution is 2.35. The van der Waals surface area contributed by atoms with Gasteiger partial charge in [-0.05, 0) is 42.8 Å². The molecule has 1 saturated heterocycles. The maximum Gasteiger partial charge on any atom is 0.247 e. The lowest BCUT2D eigenvalue weighted by Crippen LogP contribution is -2.37. The normalized spacial score (nSPS) is 13.5. The standard InChI is InChI=1S/C29H30ClN7O4/c1-2-28(38)36-25-15-22-24(16-27(25)40-11-3-8-37-9-12-39-13-10-37)33-19-34-29(22)35-20-4-5-26(23(30)14-20)41-17-21-6-7-31-18-32-21/h2,4-7,14-16,18-19H,1,3,8-13,17H2,(H,36,38)(H,33,34,35). The molecule has 41 heavy (non-hydrogen) atoms. The van der Waals surface area contributed by atoms with Crippen molar-refractivity contribution < 1.29 is 19.0 Å². The Morgan fingerprint density at radius 2 is 1.95 bits per heavy atom. The minimum absolute atomic E-state index is 0.266. The Morgan fingerprint density at radius 3 is 2.73 bits per heavy atom. The maximum atomic E-state index is 12.2. The van der Waals surface area contributed by atoms with Crippen LogP contribution in [0, 0.1) is 0 Å². The lowest BCUT2D eigenvalue weighted by Gasteiger charge is -2.26. The fourth-order valence-corrected chi connectivity index (χ4v) is 4.50. The van der Waals surface area contributed by atoms with Crippen molar-refractivity contribution >= 4 is 45.6 Å². The van der Waals surface area contributed by atoms with Gasteiger partial charge in [0.15, 0.2) is 0 Å². The summed E-state index contributed by atoms with van der Waals surface area (Å²) < 4.78 is 17.3. The molecule has 0 atom stereocenters. The highest BCUT2D eigenvalue weighted by atomic mass is 35.5. The number of ether oxygens (including phenoxy) is 3. The van der Waals surface area contributed by atoms with Gasteiger partial charge in [-0.25, -0.2) is 19.9 Å². The van der Waals surface area contributed by atoms with Gasteiger partial charge in [-0.15, -0.1) is 0 Å². The van der Waals surface area contributed by atoms with Crippen molar-refractivity contribution in [3.8, 4) is 11.5 Å². The number of hydrogen-bond donors (Lipinski definition) is 2. The summed E-state index contributed by atoms with van der Waals surface area (Å²) in [6, 6.07) is 10.7. The van der Waals surface area contributed by atoms with E-state index in [4.69, 9.17) is 25.8 Å². The van der Waals surface area contributed by atoms with Crippen LogP contribution in [0.25, 0.3) is 10.9 Å². The van der Waals surface area contributed by atoms with Gasteiger partial charge in [0.1, 0.15) is 36.6 Å². The topological polar surface area (TPSA) is 124 Å². The van der Waals surface area contributed by atoms with Gasteiger partial charge in [-0.3, -0.25) is 9.69 Å². The van der Waals surface area contributed by atoms with E-state index < -0.39 is 0 Å². The molecule has 0 saturated carbocycles. The monoisotopic (exact) mass is 575 g/mol. The first-order chi connectivity index (χ1) is 20.1. The van der Waals surface area contributed by atoms with Crippen LogP contribution in [0.2, 0.25) is 5.02 Å². The second-order valence-electron chi connectivity index (χ2n) is 9.20. The number of amides is 1. The Morgan fingerprint density at radius 1 is 1.07 bits per heavy atom. The van der Waals surface area contributed by atoms with Crippen molar-refractivity contribution in [3.63, 3.8) is 0 Å². The molecule has 0 radical (unpaired) electrons. The van der Waals surface area contributed by atoms with E-state index in [-0.39, 0.29) is 12.5 Å². The van der Waals surface area contributed by atoms with Crippen molar-refractivity contribution in [3.05, 3.63) is 78.6 Å². The van der Waals surface area contributed by atoms with Gasteiger partial charge in [0.05, 0.1) is 41.7 Å². The first-order valence-electron chi connectivity index (χ1n) is 13.2. The van der Waals surface area contributed by atoms with E-state index >= 15 is 0 Å². The van der Waals surface area contributed by atoms with Gasteiger partial charge in [0.2, 0.25) is 5.91 Å². The molecule has 1 fully saturated rings. The first-order valence-corrected chi connectivity index (χ1v) is 13.6. The van der Waals surface area contributed by atoms with Crippen molar-refractivity contribution in [2.45, 2.75) is 13.0 Å². The third kappa shape index (κ3) is 7.66. The fraction of sp³-hybridized carbons (Fsp3) is 0.276. The smallest absolute Gasteiger partial charge is 0.247 e. The first kappa shape index (κ1) is 28.2. The van der Waals surface area contributed by atoms with Crippen LogP contribution in [0.15, 0.2) is 67.9 Å². The molecule has 2 N–H and O–H groups in total. The Balaban J connectivity index is 1.31. The average molecular weight is 576 g/mol. The number of morpholine rings is 1. The van der Waals surface area contributed by atoms with E-state index in [0.29, 0.717) is 51.2 Å². The van der Waals surface area contributed by atoms with Crippen LogP contribution >= 0.6 is 11.6 Å². The second kappa shape index (κ2) is 13.8. The third-order valence-electron chi connectivity index (χ3n) is 6.37. The summed E-state index contributed by atoms with van der Waals surface area (Å²) in [6.45, 7) is 8.59. The highest BCUT2D eigenvalue weighted by Gasteiger charge is 2.15. The largest absolute Gasteiger partial charge is 0.491 e. The second-order valence-corrected chi connectivity index (χ2v) is 9.60. The SMILES string of the molecule is C=CC(=O)Nc1cc2c(Nc3ccc(OCc4ccncn4)c(Cl)c3)ncnc2cc1OCCCN1CCOCC1. The Labute approximate surface area is 242 Å². The minimum atomic E-state index is -0.349. The van der Waals surface area contributed by atoms with Gasteiger partial charge < -0.3 is 24.8 Å². The molecule has 4 aromatic rings. The van der Waals surface area contributed by atoms with Crippen LogP contribution < -0.4 is 20.1 Å². The lowest BCUT2D eigenvalue weighted by molar-refractivity contribution is -0.111. The van der Waals surface area contributed by atoms with Crippen LogP contribution in [-0.2, 0) is 16.1 Å². The molecular weight excluding hydrogens is 546 g/mol. The van der Waals surface area contributed by atoms with Gasteiger partial charge >= 0.3 is 0 Å². The quantitative estimate of drug-likeness (QED) is 0.183. The van der Waals surface area contributed by atoms with E-state index in [1.165, 1.54) is 18.7 Å². The number of hydrogen-bond acceptors (Lipinski definition) is 10. The molecule has 5 rings (SSSR count). The molecule has 1 amide bonds. The molecule has 11 nitrogen and oxygen atoms in total. The lowest BCUT2D eigenvalue weighted by atomic mass is 10.1. The number of halogens is 1. The summed E-state index contributed by atoms with van der Waals surface area (Å²) in [7, 11) is 0. The maximum absolute atomic E-state index is 12.2. The number of rotatable bonds is 12. The predicted octanol–water partition coefficient (Wildman–Crippen LogP) is 4.62. The number of carbonyl (C=O) groups is 1. The average Bonchev–Trinajstić information content (AvgIpc) is 3.00. The van der Waals surface area contributed by atoms with Crippen LogP contribution in [0.3, 0.4) is 0 Å².